The highest BCUT2D eigenvalue weighted by Gasteiger charge is 2.21. The van der Waals surface area contributed by atoms with E-state index in [0.717, 1.165) is 0 Å². The van der Waals surface area contributed by atoms with Crippen LogP contribution in [-0.4, -0.2) is 22.1 Å². The molecular formula is C16H14N2O3S. The molecule has 2 aromatic rings. The maximum atomic E-state index is 12.0. The molecule has 0 heterocycles. The number of thiocarbonyl (C=S) groups is 1. The number of hydrogen-bond acceptors (Lipinski definition) is 3. The molecule has 0 aliphatic carbocycles. The maximum absolute atomic E-state index is 12.0. The van der Waals surface area contributed by atoms with Gasteiger partial charge in [0.25, 0.3) is 5.91 Å². The standard InChI is InChI=1S/C16H14N2O3S/c19-14(12-9-5-2-6-10-12)18-16(22)17-13(15(20)21)11-7-3-1-4-8-11/h1-10,13H,(H,20,21)(H2,17,18,19,22). The van der Waals surface area contributed by atoms with Crippen LogP contribution in [0.4, 0.5) is 0 Å². The molecule has 2 aromatic carbocycles. The Hall–Kier alpha value is -2.73. The highest BCUT2D eigenvalue weighted by atomic mass is 32.1. The first-order chi connectivity index (χ1) is 10.6. The molecule has 0 aliphatic heterocycles. The van der Waals surface area contributed by atoms with Gasteiger partial charge in [-0.05, 0) is 29.9 Å². The van der Waals surface area contributed by atoms with Crippen LogP contribution in [0.3, 0.4) is 0 Å². The van der Waals surface area contributed by atoms with E-state index in [4.69, 9.17) is 12.2 Å². The van der Waals surface area contributed by atoms with Crippen LogP contribution in [0.1, 0.15) is 22.0 Å². The van der Waals surface area contributed by atoms with Crippen LogP contribution >= 0.6 is 12.2 Å². The predicted molar refractivity (Wildman–Crippen MR) is 86.5 cm³/mol. The van der Waals surface area contributed by atoms with Crippen molar-refractivity contribution in [1.29, 1.82) is 0 Å². The highest BCUT2D eigenvalue weighted by molar-refractivity contribution is 7.80. The second-order valence-electron chi connectivity index (χ2n) is 4.48. The number of rotatable bonds is 4. The van der Waals surface area contributed by atoms with Crippen LogP contribution in [0.2, 0.25) is 0 Å². The molecule has 3 N–H and O–H groups in total. The Labute approximate surface area is 133 Å². The topological polar surface area (TPSA) is 78.4 Å². The first-order valence-electron chi connectivity index (χ1n) is 6.52. The highest BCUT2D eigenvalue weighted by Crippen LogP contribution is 2.12. The van der Waals surface area contributed by atoms with Crippen LogP contribution in [-0.2, 0) is 4.79 Å². The SMILES string of the molecule is O=C(NC(=S)NC(C(=O)O)c1ccccc1)c1ccccc1. The fourth-order valence-corrected chi connectivity index (χ4v) is 2.08. The molecule has 0 spiro atoms. The summed E-state index contributed by atoms with van der Waals surface area (Å²) in [6.45, 7) is 0. The Morgan fingerprint density at radius 1 is 0.955 bits per heavy atom. The summed E-state index contributed by atoms with van der Waals surface area (Å²) in [6.07, 6.45) is 0. The van der Waals surface area contributed by atoms with Crippen molar-refractivity contribution in [3.8, 4) is 0 Å². The molecule has 0 radical (unpaired) electrons. The lowest BCUT2D eigenvalue weighted by Crippen LogP contribution is -2.43. The van der Waals surface area contributed by atoms with Crippen molar-refractivity contribution >= 4 is 29.2 Å². The number of carbonyl (C=O) groups excluding carboxylic acids is 1. The molecule has 0 fully saturated rings. The molecule has 0 aromatic heterocycles. The fraction of sp³-hybridized carbons (Fsp3) is 0.0625. The zero-order valence-corrected chi connectivity index (χ0v) is 12.3. The molecule has 5 nitrogen and oxygen atoms in total. The van der Waals surface area contributed by atoms with Gasteiger partial charge in [0.15, 0.2) is 11.2 Å². The van der Waals surface area contributed by atoms with E-state index < -0.39 is 17.9 Å². The summed E-state index contributed by atoms with van der Waals surface area (Å²) in [6, 6.07) is 16.1. The maximum Gasteiger partial charge on any atom is 0.330 e. The van der Waals surface area contributed by atoms with E-state index in [-0.39, 0.29) is 5.11 Å². The molecule has 22 heavy (non-hydrogen) atoms. The van der Waals surface area contributed by atoms with E-state index in [1.807, 2.05) is 0 Å². The van der Waals surface area contributed by atoms with Crippen molar-refractivity contribution in [2.75, 3.05) is 0 Å². The minimum Gasteiger partial charge on any atom is -0.479 e. The summed E-state index contributed by atoms with van der Waals surface area (Å²) < 4.78 is 0. The largest absolute Gasteiger partial charge is 0.479 e. The monoisotopic (exact) mass is 314 g/mol. The zero-order chi connectivity index (χ0) is 15.9. The normalized spacial score (nSPS) is 11.3. The average Bonchev–Trinajstić information content (AvgIpc) is 2.54. The van der Waals surface area contributed by atoms with E-state index in [0.29, 0.717) is 11.1 Å². The Kier molecular flexibility index (Phi) is 5.21. The van der Waals surface area contributed by atoms with Gasteiger partial charge in [0, 0.05) is 5.56 Å². The molecule has 0 saturated heterocycles. The number of aliphatic carboxylic acids is 1. The van der Waals surface area contributed by atoms with Gasteiger partial charge in [-0.2, -0.15) is 0 Å². The summed E-state index contributed by atoms with van der Waals surface area (Å²) in [7, 11) is 0. The van der Waals surface area contributed by atoms with E-state index >= 15 is 0 Å². The minimum absolute atomic E-state index is 0.0369. The Balaban J connectivity index is 2.03. The summed E-state index contributed by atoms with van der Waals surface area (Å²) in [4.78, 5) is 23.3. The molecule has 1 atom stereocenters. The number of nitrogens with one attached hydrogen (secondary N) is 2. The van der Waals surface area contributed by atoms with Crippen molar-refractivity contribution in [3.05, 3.63) is 71.8 Å². The van der Waals surface area contributed by atoms with E-state index in [9.17, 15) is 14.7 Å². The lowest BCUT2D eigenvalue weighted by Gasteiger charge is -2.17. The third kappa shape index (κ3) is 4.13. The number of carboxylic acids is 1. The Morgan fingerprint density at radius 3 is 2.05 bits per heavy atom. The molecule has 6 heteroatoms. The van der Waals surface area contributed by atoms with Gasteiger partial charge in [-0.25, -0.2) is 4.79 Å². The Bertz CT molecular complexity index is 674. The first kappa shape index (κ1) is 15.7. The molecule has 1 unspecified atom stereocenters. The van der Waals surface area contributed by atoms with E-state index in [2.05, 4.69) is 10.6 Å². The number of benzene rings is 2. The third-order valence-electron chi connectivity index (χ3n) is 2.92. The second kappa shape index (κ2) is 7.33. The molecule has 0 saturated carbocycles. The Morgan fingerprint density at radius 2 is 1.50 bits per heavy atom. The molecule has 2 rings (SSSR count). The molecule has 0 aliphatic rings. The first-order valence-corrected chi connectivity index (χ1v) is 6.93. The molecule has 112 valence electrons. The van der Waals surface area contributed by atoms with Gasteiger partial charge >= 0.3 is 5.97 Å². The fourth-order valence-electron chi connectivity index (χ4n) is 1.87. The van der Waals surface area contributed by atoms with E-state index in [1.54, 1.807) is 60.7 Å². The predicted octanol–water partition coefficient (Wildman–Crippen LogP) is 2.12. The lowest BCUT2D eigenvalue weighted by molar-refractivity contribution is -0.139. The summed E-state index contributed by atoms with van der Waals surface area (Å²) in [5.74, 6) is -1.47. The van der Waals surface area contributed by atoms with E-state index in [1.165, 1.54) is 0 Å². The van der Waals surface area contributed by atoms with Gasteiger partial charge in [-0.1, -0.05) is 48.5 Å². The smallest absolute Gasteiger partial charge is 0.330 e. The van der Waals surface area contributed by atoms with Gasteiger partial charge in [-0.3, -0.25) is 10.1 Å². The van der Waals surface area contributed by atoms with Crippen molar-refractivity contribution in [2.24, 2.45) is 0 Å². The van der Waals surface area contributed by atoms with Gasteiger partial charge in [0.1, 0.15) is 0 Å². The quantitative estimate of drug-likeness (QED) is 0.753. The van der Waals surface area contributed by atoms with Crippen LogP contribution < -0.4 is 10.6 Å². The van der Waals surface area contributed by atoms with Crippen molar-refractivity contribution in [2.45, 2.75) is 6.04 Å². The minimum atomic E-state index is -1.08. The molecule has 0 bridgehead atoms. The van der Waals surface area contributed by atoms with Gasteiger partial charge < -0.3 is 10.4 Å². The van der Waals surface area contributed by atoms with Crippen molar-refractivity contribution < 1.29 is 14.7 Å². The van der Waals surface area contributed by atoms with Gasteiger partial charge in [0.05, 0.1) is 0 Å². The summed E-state index contributed by atoms with van der Waals surface area (Å²) in [5, 5.41) is 14.4. The van der Waals surface area contributed by atoms with Crippen LogP contribution in [0.25, 0.3) is 0 Å². The zero-order valence-electron chi connectivity index (χ0n) is 11.5. The summed E-state index contributed by atoms with van der Waals surface area (Å²) >= 11 is 5.02. The number of hydrogen-bond donors (Lipinski definition) is 3. The lowest BCUT2D eigenvalue weighted by atomic mass is 10.1. The molecular weight excluding hydrogens is 300 g/mol. The number of amides is 1. The molecule has 1 amide bonds. The van der Waals surface area contributed by atoms with Gasteiger partial charge in [-0.15, -0.1) is 0 Å². The van der Waals surface area contributed by atoms with Crippen LogP contribution in [0.15, 0.2) is 60.7 Å². The van der Waals surface area contributed by atoms with Crippen molar-refractivity contribution in [1.82, 2.24) is 10.6 Å². The average molecular weight is 314 g/mol. The number of carbonyl (C=O) groups is 2. The van der Waals surface area contributed by atoms with Gasteiger partial charge in [0.2, 0.25) is 0 Å². The third-order valence-corrected chi connectivity index (χ3v) is 3.14. The van der Waals surface area contributed by atoms with Crippen LogP contribution in [0, 0.1) is 0 Å². The van der Waals surface area contributed by atoms with Crippen LogP contribution in [0.5, 0.6) is 0 Å². The number of carboxylic acid groups (broad SMARTS) is 1. The summed E-state index contributed by atoms with van der Waals surface area (Å²) in [5.41, 5.74) is 0.990. The van der Waals surface area contributed by atoms with Crippen molar-refractivity contribution in [3.63, 3.8) is 0 Å². The second-order valence-corrected chi connectivity index (χ2v) is 4.88.